The average molecular weight is 279 g/mol. The van der Waals surface area contributed by atoms with E-state index in [1.54, 1.807) is 24.3 Å². The number of aliphatic imine (C=N–C) groups is 1. The van der Waals surface area contributed by atoms with E-state index in [0.717, 1.165) is 11.1 Å². The molecule has 1 heterocycles. The van der Waals surface area contributed by atoms with Gasteiger partial charge in [0.2, 0.25) is 5.90 Å². The van der Waals surface area contributed by atoms with Gasteiger partial charge in [-0.2, -0.15) is 0 Å². The summed E-state index contributed by atoms with van der Waals surface area (Å²) >= 11 is 0. The topological polar surface area (TPSA) is 58.9 Å². The van der Waals surface area contributed by atoms with Crippen LogP contribution in [-0.4, -0.2) is 17.0 Å². The molecule has 2 aromatic carbocycles. The first-order valence-electron chi connectivity index (χ1n) is 6.51. The molecule has 1 N–H and O–H groups in total. The maximum atomic E-state index is 11.9. The number of aryl methyl sites for hydroxylation is 1. The second-order valence-corrected chi connectivity index (χ2v) is 4.76. The number of ether oxygens (including phenoxy) is 1. The number of carbonyl (C=O) groups excluding carboxylic acids is 1. The summed E-state index contributed by atoms with van der Waals surface area (Å²) in [5.74, 6) is -0.146. The summed E-state index contributed by atoms with van der Waals surface area (Å²) in [4.78, 5) is 16.1. The number of rotatable bonds is 2. The van der Waals surface area contributed by atoms with Crippen molar-refractivity contribution < 1.29 is 14.6 Å². The van der Waals surface area contributed by atoms with E-state index in [4.69, 9.17) is 4.74 Å². The fourth-order valence-corrected chi connectivity index (χ4v) is 1.99. The van der Waals surface area contributed by atoms with E-state index < -0.39 is 5.97 Å². The summed E-state index contributed by atoms with van der Waals surface area (Å²) in [6.45, 7) is 1.98. The molecule has 0 fully saturated rings. The zero-order chi connectivity index (χ0) is 14.8. The van der Waals surface area contributed by atoms with Gasteiger partial charge in [0.15, 0.2) is 5.70 Å². The summed E-state index contributed by atoms with van der Waals surface area (Å²) in [6, 6.07) is 14.3. The minimum absolute atomic E-state index is 0.0942. The molecule has 4 heteroatoms. The second-order valence-electron chi connectivity index (χ2n) is 4.76. The molecule has 0 atom stereocenters. The number of hydrogen-bond acceptors (Lipinski definition) is 4. The Labute approximate surface area is 122 Å². The van der Waals surface area contributed by atoms with E-state index >= 15 is 0 Å². The molecule has 0 aliphatic carbocycles. The first-order valence-corrected chi connectivity index (χ1v) is 6.51. The second kappa shape index (κ2) is 5.25. The van der Waals surface area contributed by atoms with E-state index in [1.165, 1.54) is 6.08 Å². The fraction of sp³-hybridized carbons (Fsp3) is 0.0588. The van der Waals surface area contributed by atoms with E-state index in [0.29, 0.717) is 5.56 Å². The van der Waals surface area contributed by atoms with Crippen molar-refractivity contribution in [3.8, 4) is 5.75 Å². The van der Waals surface area contributed by atoms with Gasteiger partial charge in [-0.3, -0.25) is 0 Å². The highest BCUT2D eigenvalue weighted by Gasteiger charge is 2.24. The lowest BCUT2D eigenvalue weighted by atomic mass is 10.1. The lowest BCUT2D eigenvalue weighted by Crippen LogP contribution is -2.05. The van der Waals surface area contributed by atoms with Gasteiger partial charge in [0, 0.05) is 11.1 Å². The van der Waals surface area contributed by atoms with Crippen LogP contribution in [0.5, 0.6) is 5.75 Å². The molecule has 0 bridgehead atoms. The summed E-state index contributed by atoms with van der Waals surface area (Å²) in [5, 5.41) is 9.73. The first kappa shape index (κ1) is 13.1. The molecule has 1 aliphatic rings. The highest BCUT2D eigenvalue weighted by molar-refractivity contribution is 6.12. The molecule has 1 aliphatic heterocycles. The molecular weight excluding hydrogens is 266 g/mol. The summed E-state index contributed by atoms with van der Waals surface area (Å²) in [6.07, 6.45) is 1.51. The number of cyclic esters (lactones) is 1. The van der Waals surface area contributed by atoms with Crippen molar-refractivity contribution in [2.24, 2.45) is 4.99 Å². The van der Waals surface area contributed by atoms with E-state index in [1.807, 2.05) is 31.2 Å². The maximum absolute atomic E-state index is 11.9. The van der Waals surface area contributed by atoms with Crippen LogP contribution >= 0.6 is 0 Å². The van der Waals surface area contributed by atoms with Crippen molar-refractivity contribution in [3.05, 3.63) is 70.9 Å². The van der Waals surface area contributed by atoms with Gasteiger partial charge in [0.1, 0.15) is 5.75 Å². The molecule has 0 amide bonds. The quantitative estimate of drug-likeness (QED) is 0.679. The summed E-state index contributed by atoms with van der Waals surface area (Å²) in [5.41, 5.74) is 2.56. The van der Waals surface area contributed by atoms with Crippen molar-refractivity contribution in [2.45, 2.75) is 6.92 Å². The van der Waals surface area contributed by atoms with Crippen LogP contribution in [0.15, 0.2) is 59.2 Å². The summed E-state index contributed by atoms with van der Waals surface area (Å²) < 4.78 is 5.17. The van der Waals surface area contributed by atoms with Gasteiger partial charge in [0.25, 0.3) is 0 Å². The van der Waals surface area contributed by atoms with Crippen LogP contribution in [-0.2, 0) is 9.53 Å². The average Bonchev–Trinajstić information content (AvgIpc) is 2.83. The molecule has 0 spiro atoms. The first-order chi connectivity index (χ1) is 10.1. The van der Waals surface area contributed by atoms with Crippen molar-refractivity contribution in [3.63, 3.8) is 0 Å². The minimum atomic E-state index is -0.520. The molecule has 0 radical (unpaired) electrons. The molecule has 21 heavy (non-hydrogen) atoms. The third kappa shape index (κ3) is 2.69. The molecule has 0 unspecified atom stereocenters. The van der Waals surface area contributed by atoms with E-state index in [9.17, 15) is 9.90 Å². The van der Waals surface area contributed by atoms with Crippen LogP contribution < -0.4 is 0 Å². The number of aromatic hydroxyl groups is 1. The maximum Gasteiger partial charge on any atom is 0.363 e. The molecule has 104 valence electrons. The largest absolute Gasteiger partial charge is 0.507 e. The molecule has 3 rings (SSSR count). The predicted molar refractivity (Wildman–Crippen MR) is 79.9 cm³/mol. The minimum Gasteiger partial charge on any atom is -0.507 e. The number of phenolic OH excluding ortho intramolecular Hbond substituents is 1. The smallest absolute Gasteiger partial charge is 0.363 e. The van der Waals surface area contributed by atoms with Crippen LogP contribution in [0, 0.1) is 6.92 Å². The Balaban J connectivity index is 1.96. The van der Waals surface area contributed by atoms with E-state index in [-0.39, 0.29) is 17.3 Å². The van der Waals surface area contributed by atoms with Crippen molar-refractivity contribution in [2.75, 3.05) is 0 Å². The Hall–Kier alpha value is -2.88. The number of hydrogen-bond donors (Lipinski definition) is 1. The van der Waals surface area contributed by atoms with Gasteiger partial charge >= 0.3 is 5.97 Å². The van der Waals surface area contributed by atoms with Gasteiger partial charge in [0.05, 0.1) is 0 Å². The third-order valence-corrected chi connectivity index (χ3v) is 3.15. The summed E-state index contributed by atoms with van der Waals surface area (Å²) in [7, 11) is 0. The SMILES string of the molecule is Cc1ccc(C2=N/C(=C/c3ccccc3O)C(=O)O2)cc1. The van der Waals surface area contributed by atoms with Crippen LogP contribution in [0.25, 0.3) is 6.08 Å². The molecule has 4 nitrogen and oxygen atoms in total. The number of esters is 1. The predicted octanol–water partition coefficient (Wildman–Crippen LogP) is 3.05. The monoisotopic (exact) mass is 279 g/mol. The van der Waals surface area contributed by atoms with Crippen LogP contribution in [0.4, 0.5) is 0 Å². The highest BCUT2D eigenvalue weighted by Crippen LogP contribution is 2.23. The van der Waals surface area contributed by atoms with Gasteiger partial charge in [-0.1, -0.05) is 35.9 Å². The Kier molecular flexibility index (Phi) is 3.28. The molecular formula is C17H13NO3. The van der Waals surface area contributed by atoms with E-state index in [2.05, 4.69) is 4.99 Å². The molecule has 0 saturated carbocycles. The fourth-order valence-electron chi connectivity index (χ4n) is 1.99. The van der Waals surface area contributed by atoms with Crippen LogP contribution in [0.1, 0.15) is 16.7 Å². The number of nitrogens with zero attached hydrogens (tertiary/aromatic N) is 1. The zero-order valence-corrected chi connectivity index (χ0v) is 11.4. The number of carbonyl (C=O) groups is 1. The highest BCUT2D eigenvalue weighted by atomic mass is 16.6. The molecule has 0 saturated heterocycles. The lowest BCUT2D eigenvalue weighted by molar-refractivity contribution is -0.129. The molecule has 0 aromatic heterocycles. The molecule has 2 aromatic rings. The van der Waals surface area contributed by atoms with Crippen LogP contribution in [0.3, 0.4) is 0 Å². The Bertz CT molecular complexity index is 758. The number of phenols is 1. The third-order valence-electron chi connectivity index (χ3n) is 3.15. The van der Waals surface area contributed by atoms with Gasteiger partial charge < -0.3 is 9.84 Å². The normalized spacial score (nSPS) is 16.0. The van der Waals surface area contributed by atoms with Gasteiger partial charge in [-0.15, -0.1) is 0 Å². The lowest BCUT2D eigenvalue weighted by Gasteiger charge is -1.99. The number of benzene rings is 2. The Morgan fingerprint density at radius 2 is 1.81 bits per heavy atom. The van der Waals surface area contributed by atoms with Crippen molar-refractivity contribution in [1.29, 1.82) is 0 Å². The van der Waals surface area contributed by atoms with Crippen LogP contribution in [0.2, 0.25) is 0 Å². The van der Waals surface area contributed by atoms with Crippen molar-refractivity contribution in [1.82, 2.24) is 0 Å². The Morgan fingerprint density at radius 1 is 1.10 bits per heavy atom. The zero-order valence-electron chi connectivity index (χ0n) is 11.4. The van der Waals surface area contributed by atoms with Gasteiger partial charge in [-0.05, 0) is 31.2 Å². The van der Waals surface area contributed by atoms with Gasteiger partial charge in [-0.25, -0.2) is 9.79 Å². The van der Waals surface area contributed by atoms with Crippen molar-refractivity contribution >= 4 is 17.9 Å². The Morgan fingerprint density at radius 3 is 2.52 bits per heavy atom. The number of para-hydroxylation sites is 1. The standard InChI is InChI=1S/C17H13NO3/c1-11-6-8-12(9-7-11)16-18-14(17(20)21-16)10-13-4-2-3-5-15(13)19/h2-10,19H,1H3/b14-10+.